The van der Waals surface area contributed by atoms with Crippen LogP contribution in [0, 0.1) is 0 Å². The predicted octanol–water partition coefficient (Wildman–Crippen LogP) is 2.29. The summed E-state index contributed by atoms with van der Waals surface area (Å²) in [5.74, 6) is -0.0448. The average Bonchev–Trinajstić information content (AvgIpc) is 3.10. The Hall–Kier alpha value is -2.60. The number of nitrogens with zero attached hydrogens (tertiary/aromatic N) is 3. The van der Waals surface area contributed by atoms with Crippen LogP contribution >= 0.6 is 11.7 Å². The van der Waals surface area contributed by atoms with Crippen molar-refractivity contribution in [1.82, 2.24) is 8.75 Å². The maximum Gasteiger partial charge on any atom is 0.573 e. The quantitative estimate of drug-likeness (QED) is 0.791. The lowest BCUT2D eigenvalue weighted by Crippen LogP contribution is -2.36. The van der Waals surface area contributed by atoms with E-state index in [1.807, 2.05) is 4.90 Å². The summed E-state index contributed by atoms with van der Waals surface area (Å²) in [7, 11) is 0. The standard InChI is InChI=1S/C15H15F3N4O4S/c16-15(17,18)26-11-3-1-10(2-4-11)19-12(23)9-25-14-13(20-27-21-14)22-5-7-24-8-6-22/h1-4H,5-9H2,(H,19,23). The first kappa shape index (κ1) is 19.2. The van der Waals surface area contributed by atoms with Gasteiger partial charge >= 0.3 is 6.36 Å². The Bertz CT molecular complexity index is 763. The van der Waals surface area contributed by atoms with Crippen LogP contribution in [0.2, 0.25) is 0 Å². The van der Waals surface area contributed by atoms with Crippen molar-refractivity contribution in [1.29, 1.82) is 0 Å². The van der Waals surface area contributed by atoms with Crippen molar-refractivity contribution >= 4 is 29.1 Å². The minimum atomic E-state index is -4.77. The van der Waals surface area contributed by atoms with Gasteiger partial charge in [-0.2, -0.15) is 4.37 Å². The summed E-state index contributed by atoms with van der Waals surface area (Å²) in [6.07, 6.45) is -4.77. The molecular weight excluding hydrogens is 389 g/mol. The zero-order valence-corrected chi connectivity index (χ0v) is 14.7. The molecule has 0 aliphatic carbocycles. The Labute approximate surface area is 156 Å². The fourth-order valence-corrected chi connectivity index (χ4v) is 2.83. The summed E-state index contributed by atoms with van der Waals surface area (Å²) in [6.45, 7) is 2.14. The number of halogens is 3. The Morgan fingerprint density at radius 2 is 1.93 bits per heavy atom. The minimum absolute atomic E-state index is 0.256. The lowest BCUT2D eigenvalue weighted by Gasteiger charge is -2.26. The van der Waals surface area contributed by atoms with Gasteiger partial charge in [0.05, 0.1) is 24.9 Å². The number of amides is 1. The van der Waals surface area contributed by atoms with Gasteiger partial charge in [-0.25, -0.2) is 0 Å². The molecule has 1 aliphatic heterocycles. The number of carbonyl (C=O) groups excluding carboxylic acids is 1. The molecule has 27 heavy (non-hydrogen) atoms. The highest BCUT2D eigenvalue weighted by Crippen LogP contribution is 2.26. The number of rotatable bonds is 6. The fourth-order valence-electron chi connectivity index (χ4n) is 2.31. The van der Waals surface area contributed by atoms with Gasteiger partial charge in [0.25, 0.3) is 11.8 Å². The van der Waals surface area contributed by atoms with Crippen molar-refractivity contribution in [2.24, 2.45) is 0 Å². The first-order valence-corrected chi connectivity index (χ1v) is 8.57. The zero-order chi connectivity index (χ0) is 19.3. The molecule has 1 fully saturated rings. The van der Waals surface area contributed by atoms with E-state index >= 15 is 0 Å². The molecule has 0 atom stereocenters. The number of nitrogens with one attached hydrogen (secondary N) is 1. The summed E-state index contributed by atoms with van der Waals surface area (Å²) in [4.78, 5) is 13.9. The Morgan fingerprint density at radius 3 is 2.59 bits per heavy atom. The molecule has 0 spiro atoms. The first-order valence-electron chi connectivity index (χ1n) is 7.84. The molecule has 8 nitrogen and oxygen atoms in total. The molecule has 2 heterocycles. The number of hydrogen-bond acceptors (Lipinski definition) is 8. The van der Waals surface area contributed by atoms with Crippen LogP contribution in [0.25, 0.3) is 0 Å². The van der Waals surface area contributed by atoms with Crippen molar-refractivity contribution < 1.29 is 32.2 Å². The number of carbonyl (C=O) groups is 1. The summed E-state index contributed by atoms with van der Waals surface area (Å²) >= 11 is 0.977. The van der Waals surface area contributed by atoms with E-state index in [4.69, 9.17) is 9.47 Å². The van der Waals surface area contributed by atoms with E-state index in [0.717, 1.165) is 23.9 Å². The molecule has 146 valence electrons. The van der Waals surface area contributed by atoms with Crippen molar-refractivity contribution in [2.45, 2.75) is 6.36 Å². The summed E-state index contributed by atoms with van der Waals surface area (Å²) in [6, 6.07) is 4.79. The highest BCUT2D eigenvalue weighted by atomic mass is 32.1. The van der Waals surface area contributed by atoms with E-state index in [1.54, 1.807) is 0 Å². The molecule has 1 amide bonds. The molecule has 12 heteroatoms. The largest absolute Gasteiger partial charge is 0.573 e. The second kappa shape index (κ2) is 8.39. The summed E-state index contributed by atoms with van der Waals surface area (Å²) in [5, 5.41) is 2.51. The summed E-state index contributed by atoms with van der Waals surface area (Å²) < 4.78 is 59.1. The molecule has 1 N–H and O–H groups in total. The van der Waals surface area contributed by atoms with E-state index in [9.17, 15) is 18.0 Å². The van der Waals surface area contributed by atoms with E-state index in [1.165, 1.54) is 12.1 Å². The van der Waals surface area contributed by atoms with Gasteiger partial charge in [-0.1, -0.05) is 0 Å². The monoisotopic (exact) mass is 404 g/mol. The fraction of sp³-hybridized carbons (Fsp3) is 0.400. The third kappa shape index (κ3) is 5.69. The summed E-state index contributed by atoms with van der Waals surface area (Å²) in [5.41, 5.74) is 0.308. The highest BCUT2D eigenvalue weighted by molar-refractivity contribution is 6.99. The molecule has 0 saturated carbocycles. The Balaban J connectivity index is 1.51. The zero-order valence-electron chi connectivity index (χ0n) is 13.9. The van der Waals surface area contributed by atoms with Crippen LogP contribution in [0.4, 0.5) is 24.7 Å². The molecule has 1 aliphatic rings. The van der Waals surface area contributed by atoms with Gasteiger partial charge in [-0.3, -0.25) is 4.79 Å². The smallest absolute Gasteiger partial charge is 0.464 e. The number of morpholine rings is 1. The van der Waals surface area contributed by atoms with E-state index in [2.05, 4.69) is 18.8 Å². The van der Waals surface area contributed by atoms with Gasteiger partial charge in [-0.05, 0) is 24.3 Å². The highest BCUT2D eigenvalue weighted by Gasteiger charge is 2.31. The minimum Gasteiger partial charge on any atom is -0.464 e. The van der Waals surface area contributed by atoms with E-state index in [-0.39, 0.29) is 18.2 Å². The third-order valence-corrected chi connectivity index (χ3v) is 3.97. The van der Waals surface area contributed by atoms with Crippen LogP contribution in [0.15, 0.2) is 24.3 Å². The Kier molecular flexibility index (Phi) is 5.96. The van der Waals surface area contributed by atoms with Crippen LogP contribution in [-0.4, -0.2) is 53.9 Å². The number of alkyl halides is 3. The number of anilines is 2. The maximum atomic E-state index is 12.1. The molecule has 0 radical (unpaired) electrons. The van der Waals surface area contributed by atoms with Gasteiger partial charge in [-0.15, -0.1) is 17.5 Å². The average molecular weight is 404 g/mol. The molecule has 3 rings (SSSR count). The second-order valence-corrected chi connectivity index (χ2v) is 5.93. The van der Waals surface area contributed by atoms with Crippen LogP contribution in [0.3, 0.4) is 0 Å². The molecule has 1 aromatic heterocycles. The van der Waals surface area contributed by atoms with Crippen LogP contribution in [0.5, 0.6) is 11.6 Å². The van der Waals surface area contributed by atoms with Gasteiger partial charge in [0, 0.05) is 18.8 Å². The first-order chi connectivity index (χ1) is 12.9. The molecule has 1 saturated heterocycles. The number of aromatic nitrogens is 2. The molecule has 0 bridgehead atoms. The number of ether oxygens (including phenoxy) is 3. The number of benzene rings is 1. The van der Waals surface area contributed by atoms with Crippen LogP contribution < -0.4 is 19.7 Å². The van der Waals surface area contributed by atoms with E-state index in [0.29, 0.717) is 37.8 Å². The van der Waals surface area contributed by atoms with Crippen LogP contribution in [0.1, 0.15) is 0 Å². The van der Waals surface area contributed by atoms with Crippen molar-refractivity contribution in [2.75, 3.05) is 43.1 Å². The number of hydrogen-bond donors (Lipinski definition) is 1. The van der Waals surface area contributed by atoms with Gasteiger partial charge in [0.1, 0.15) is 5.75 Å². The third-order valence-electron chi connectivity index (χ3n) is 3.46. The predicted molar refractivity (Wildman–Crippen MR) is 90.2 cm³/mol. The van der Waals surface area contributed by atoms with E-state index < -0.39 is 12.3 Å². The molecule has 0 unspecified atom stereocenters. The van der Waals surface area contributed by atoms with Gasteiger partial charge < -0.3 is 24.4 Å². The Morgan fingerprint density at radius 1 is 1.22 bits per heavy atom. The second-order valence-electron chi connectivity index (χ2n) is 5.40. The normalized spacial score (nSPS) is 14.7. The lowest BCUT2D eigenvalue weighted by molar-refractivity contribution is -0.274. The van der Waals surface area contributed by atoms with Crippen LogP contribution in [-0.2, 0) is 9.53 Å². The van der Waals surface area contributed by atoms with Gasteiger partial charge in [0.2, 0.25) is 5.82 Å². The van der Waals surface area contributed by atoms with Gasteiger partial charge in [0.15, 0.2) is 6.61 Å². The molecule has 1 aromatic carbocycles. The molecule has 2 aromatic rings. The topological polar surface area (TPSA) is 85.8 Å². The maximum absolute atomic E-state index is 12.1. The van der Waals surface area contributed by atoms with Crippen molar-refractivity contribution in [3.8, 4) is 11.6 Å². The van der Waals surface area contributed by atoms with Crippen molar-refractivity contribution in [3.63, 3.8) is 0 Å². The SMILES string of the molecule is O=C(COc1nsnc1N1CCOCC1)Nc1ccc(OC(F)(F)F)cc1. The van der Waals surface area contributed by atoms with Crippen molar-refractivity contribution in [3.05, 3.63) is 24.3 Å². The molecular formula is C15H15F3N4O4S. The lowest BCUT2D eigenvalue weighted by atomic mass is 10.3.